The second-order valence-corrected chi connectivity index (χ2v) is 4.36. The van der Waals surface area contributed by atoms with Crippen LogP contribution in [0.1, 0.15) is 26.2 Å². The molecule has 3 nitrogen and oxygen atoms in total. The van der Waals surface area contributed by atoms with E-state index in [1.54, 1.807) is 7.11 Å². The quantitative estimate of drug-likeness (QED) is 0.722. The van der Waals surface area contributed by atoms with Crippen LogP contribution in [0.5, 0.6) is 0 Å². The minimum Gasteiger partial charge on any atom is -0.384 e. The molecule has 1 heterocycles. The lowest BCUT2D eigenvalue weighted by Crippen LogP contribution is -2.41. The number of piperidine rings is 1. The van der Waals surface area contributed by atoms with Crippen LogP contribution in [0, 0.1) is 5.92 Å². The number of hydrogen-bond acceptors (Lipinski definition) is 3. The van der Waals surface area contributed by atoms with Gasteiger partial charge in [0, 0.05) is 19.8 Å². The third kappa shape index (κ3) is 3.56. The summed E-state index contributed by atoms with van der Waals surface area (Å²) in [7, 11) is 1.80. The molecule has 1 atom stereocenters. The van der Waals surface area contributed by atoms with E-state index in [0.29, 0.717) is 6.04 Å². The minimum atomic E-state index is 0.656. The number of likely N-dealkylation sites (tertiary alicyclic amines) is 1. The Bertz CT molecular complexity index is 144. The van der Waals surface area contributed by atoms with Crippen molar-refractivity contribution in [1.82, 2.24) is 4.90 Å². The fourth-order valence-corrected chi connectivity index (χ4v) is 2.22. The molecule has 84 valence electrons. The molecule has 0 radical (unpaired) electrons. The molecular weight excluding hydrogens is 176 g/mol. The van der Waals surface area contributed by atoms with Crippen LogP contribution in [-0.4, -0.2) is 44.3 Å². The molecule has 0 aliphatic carbocycles. The predicted molar refractivity (Wildman–Crippen MR) is 59.3 cm³/mol. The van der Waals surface area contributed by atoms with Crippen LogP contribution in [0.25, 0.3) is 0 Å². The van der Waals surface area contributed by atoms with Crippen LogP contribution in [-0.2, 0) is 4.74 Å². The summed E-state index contributed by atoms with van der Waals surface area (Å²) in [5.41, 5.74) is 5.56. The summed E-state index contributed by atoms with van der Waals surface area (Å²) in [5.74, 6) is 0.779. The molecule has 1 saturated heterocycles. The largest absolute Gasteiger partial charge is 0.384 e. The molecule has 1 aliphatic heterocycles. The van der Waals surface area contributed by atoms with Crippen molar-refractivity contribution >= 4 is 0 Å². The van der Waals surface area contributed by atoms with E-state index in [4.69, 9.17) is 10.5 Å². The summed E-state index contributed by atoms with van der Waals surface area (Å²) in [5, 5.41) is 0. The SMILES string of the molecule is COCC1CCN(C(C)CCN)CC1. The van der Waals surface area contributed by atoms with E-state index in [1.807, 2.05) is 0 Å². The molecule has 1 rings (SSSR count). The van der Waals surface area contributed by atoms with Gasteiger partial charge in [-0.3, -0.25) is 0 Å². The lowest BCUT2D eigenvalue weighted by molar-refractivity contribution is 0.0819. The summed E-state index contributed by atoms with van der Waals surface area (Å²) >= 11 is 0. The number of methoxy groups -OCH3 is 1. The fourth-order valence-electron chi connectivity index (χ4n) is 2.22. The smallest absolute Gasteiger partial charge is 0.0491 e. The Labute approximate surface area is 87.6 Å². The highest BCUT2D eigenvalue weighted by molar-refractivity contribution is 4.76. The summed E-state index contributed by atoms with van der Waals surface area (Å²) in [6, 6.07) is 0.656. The lowest BCUT2D eigenvalue weighted by atomic mass is 9.96. The zero-order valence-corrected chi connectivity index (χ0v) is 9.54. The monoisotopic (exact) mass is 200 g/mol. The Balaban J connectivity index is 2.21. The molecular formula is C11H24N2O. The first-order valence-electron chi connectivity index (χ1n) is 5.71. The third-order valence-electron chi connectivity index (χ3n) is 3.26. The number of nitrogens with two attached hydrogens (primary N) is 1. The van der Waals surface area contributed by atoms with E-state index >= 15 is 0 Å². The molecule has 14 heavy (non-hydrogen) atoms. The van der Waals surface area contributed by atoms with Crippen molar-refractivity contribution in [2.75, 3.05) is 33.4 Å². The Morgan fingerprint density at radius 2 is 2.07 bits per heavy atom. The first-order chi connectivity index (χ1) is 6.77. The van der Waals surface area contributed by atoms with E-state index in [1.165, 1.54) is 25.9 Å². The summed E-state index contributed by atoms with van der Waals surface area (Å²) < 4.78 is 5.19. The maximum atomic E-state index is 5.56. The molecule has 0 bridgehead atoms. The highest BCUT2D eigenvalue weighted by Crippen LogP contribution is 2.19. The average molecular weight is 200 g/mol. The number of nitrogens with zero attached hydrogens (tertiary/aromatic N) is 1. The molecule has 0 aromatic rings. The standard InChI is InChI=1S/C11H24N2O/c1-10(3-6-12)13-7-4-11(5-8-13)9-14-2/h10-11H,3-9,12H2,1-2H3. The molecule has 0 saturated carbocycles. The van der Waals surface area contributed by atoms with Gasteiger partial charge in [0.05, 0.1) is 0 Å². The normalized spacial score (nSPS) is 22.5. The van der Waals surface area contributed by atoms with Gasteiger partial charge >= 0.3 is 0 Å². The highest BCUT2D eigenvalue weighted by Gasteiger charge is 2.21. The van der Waals surface area contributed by atoms with Crippen LogP contribution in [0.3, 0.4) is 0 Å². The first kappa shape index (κ1) is 12.0. The highest BCUT2D eigenvalue weighted by atomic mass is 16.5. The van der Waals surface area contributed by atoms with Gasteiger partial charge in [-0.15, -0.1) is 0 Å². The van der Waals surface area contributed by atoms with Gasteiger partial charge in [0.1, 0.15) is 0 Å². The van der Waals surface area contributed by atoms with Crippen LogP contribution >= 0.6 is 0 Å². The van der Waals surface area contributed by atoms with Crippen molar-refractivity contribution in [1.29, 1.82) is 0 Å². The Morgan fingerprint density at radius 1 is 1.43 bits per heavy atom. The zero-order valence-electron chi connectivity index (χ0n) is 9.54. The zero-order chi connectivity index (χ0) is 10.4. The van der Waals surface area contributed by atoms with Crippen molar-refractivity contribution < 1.29 is 4.74 Å². The Morgan fingerprint density at radius 3 is 2.57 bits per heavy atom. The van der Waals surface area contributed by atoms with Gasteiger partial charge in [0.2, 0.25) is 0 Å². The van der Waals surface area contributed by atoms with E-state index in [2.05, 4.69) is 11.8 Å². The van der Waals surface area contributed by atoms with Gasteiger partial charge in [-0.2, -0.15) is 0 Å². The van der Waals surface area contributed by atoms with Gasteiger partial charge in [0.15, 0.2) is 0 Å². The van der Waals surface area contributed by atoms with Gasteiger partial charge in [-0.1, -0.05) is 0 Å². The van der Waals surface area contributed by atoms with Crippen molar-refractivity contribution in [2.24, 2.45) is 11.7 Å². The molecule has 1 aliphatic rings. The number of rotatable bonds is 5. The van der Waals surface area contributed by atoms with E-state index in [0.717, 1.165) is 25.5 Å². The molecule has 0 aromatic carbocycles. The Hall–Kier alpha value is -0.120. The summed E-state index contributed by atoms with van der Waals surface area (Å²) in [6.45, 7) is 6.45. The van der Waals surface area contributed by atoms with E-state index in [9.17, 15) is 0 Å². The van der Waals surface area contributed by atoms with Gasteiger partial charge in [-0.25, -0.2) is 0 Å². The molecule has 3 heteroatoms. The van der Waals surface area contributed by atoms with E-state index in [-0.39, 0.29) is 0 Å². The molecule has 2 N–H and O–H groups in total. The summed E-state index contributed by atoms with van der Waals surface area (Å²) in [4.78, 5) is 2.55. The van der Waals surface area contributed by atoms with Crippen molar-refractivity contribution in [2.45, 2.75) is 32.2 Å². The first-order valence-corrected chi connectivity index (χ1v) is 5.71. The minimum absolute atomic E-state index is 0.656. The molecule has 1 unspecified atom stereocenters. The van der Waals surface area contributed by atoms with Crippen molar-refractivity contribution in [3.05, 3.63) is 0 Å². The second-order valence-electron chi connectivity index (χ2n) is 4.36. The maximum absolute atomic E-state index is 5.56. The van der Waals surface area contributed by atoms with Crippen LogP contribution in [0.2, 0.25) is 0 Å². The van der Waals surface area contributed by atoms with Crippen LogP contribution in [0.15, 0.2) is 0 Å². The Kier molecular flexibility index (Phi) is 5.45. The summed E-state index contributed by atoms with van der Waals surface area (Å²) in [6.07, 6.45) is 3.68. The maximum Gasteiger partial charge on any atom is 0.0491 e. The average Bonchev–Trinajstić information content (AvgIpc) is 2.20. The number of hydrogen-bond donors (Lipinski definition) is 1. The van der Waals surface area contributed by atoms with Crippen molar-refractivity contribution in [3.63, 3.8) is 0 Å². The van der Waals surface area contributed by atoms with Crippen LogP contribution < -0.4 is 5.73 Å². The predicted octanol–water partition coefficient (Wildman–Crippen LogP) is 1.08. The number of ether oxygens (including phenoxy) is 1. The van der Waals surface area contributed by atoms with Crippen molar-refractivity contribution in [3.8, 4) is 0 Å². The van der Waals surface area contributed by atoms with E-state index < -0.39 is 0 Å². The molecule has 0 amide bonds. The lowest BCUT2D eigenvalue weighted by Gasteiger charge is -2.35. The molecule has 0 spiro atoms. The third-order valence-corrected chi connectivity index (χ3v) is 3.26. The molecule has 0 aromatic heterocycles. The molecule has 1 fully saturated rings. The van der Waals surface area contributed by atoms with Gasteiger partial charge in [0.25, 0.3) is 0 Å². The van der Waals surface area contributed by atoms with Gasteiger partial charge in [-0.05, 0) is 51.7 Å². The fraction of sp³-hybridized carbons (Fsp3) is 1.00. The van der Waals surface area contributed by atoms with Gasteiger partial charge < -0.3 is 15.4 Å². The topological polar surface area (TPSA) is 38.5 Å². The van der Waals surface area contributed by atoms with Crippen LogP contribution in [0.4, 0.5) is 0 Å². The second kappa shape index (κ2) is 6.38.